The standard InChI is InChI=1S/C41H58O6/c1-27(2)11-8-12-28(3)13-9-14-29(4)15-10-16-30(5)23-37(45)47-26-36(44)41(46)22-20-34-33-18-17-31-24-32(42)19-21-39(31,6)38(33)35(43)25-40(34,41)7/h11,13,15,19,21,23-24,33-35,38,43,46H,8-10,12,14,16-18,20,22,25-26H2,1-7H3/b28-13+,29-15+,30-23+/t33?,34?,35?,38?,39-,40-,41-/m0/s1. The summed E-state index contributed by atoms with van der Waals surface area (Å²) in [4.78, 5) is 38.3. The van der Waals surface area contributed by atoms with Gasteiger partial charge in [-0.25, -0.2) is 4.79 Å². The van der Waals surface area contributed by atoms with Gasteiger partial charge in [0.25, 0.3) is 0 Å². The van der Waals surface area contributed by atoms with Gasteiger partial charge in [-0.1, -0.05) is 66.0 Å². The van der Waals surface area contributed by atoms with Crippen LogP contribution in [0.25, 0.3) is 0 Å². The summed E-state index contributed by atoms with van der Waals surface area (Å²) in [7, 11) is 0. The Morgan fingerprint density at radius 2 is 1.55 bits per heavy atom. The third-order valence-corrected chi connectivity index (χ3v) is 12.0. The van der Waals surface area contributed by atoms with Gasteiger partial charge in [0.2, 0.25) is 5.78 Å². The summed E-state index contributed by atoms with van der Waals surface area (Å²) >= 11 is 0. The Morgan fingerprint density at radius 1 is 0.936 bits per heavy atom. The Kier molecular flexibility index (Phi) is 11.9. The maximum absolute atomic E-state index is 13.6. The molecule has 0 heterocycles. The summed E-state index contributed by atoms with van der Waals surface area (Å²) in [6.07, 6.45) is 21.5. The van der Waals surface area contributed by atoms with Crippen LogP contribution in [-0.2, 0) is 19.1 Å². The maximum atomic E-state index is 13.6. The molecule has 258 valence electrons. The first-order chi connectivity index (χ1) is 22.1. The molecule has 0 aromatic carbocycles. The Hall–Kier alpha value is -2.83. The molecule has 0 bridgehead atoms. The molecule has 7 atom stereocenters. The van der Waals surface area contributed by atoms with E-state index in [9.17, 15) is 24.6 Å². The molecular formula is C41H58O6. The number of rotatable bonds is 13. The topological polar surface area (TPSA) is 101 Å². The lowest BCUT2D eigenvalue weighted by molar-refractivity contribution is -0.180. The Balaban J connectivity index is 1.27. The van der Waals surface area contributed by atoms with Crippen molar-refractivity contribution in [3.63, 3.8) is 0 Å². The zero-order chi connectivity index (χ0) is 34.6. The van der Waals surface area contributed by atoms with Gasteiger partial charge >= 0.3 is 5.97 Å². The van der Waals surface area contributed by atoms with Crippen LogP contribution in [0.1, 0.15) is 119 Å². The summed E-state index contributed by atoms with van der Waals surface area (Å²) in [5, 5.41) is 23.5. The Bertz CT molecular complexity index is 1400. The van der Waals surface area contributed by atoms with E-state index in [2.05, 4.69) is 52.8 Å². The van der Waals surface area contributed by atoms with Crippen LogP contribution in [0, 0.1) is 28.6 Å². The highest BCUT2D eigenvalue weighted by atomic mass is 16.5. The van der Waals surface area contributed by atoms with Gasteiger partial charge in [-0.3, -0.25) is 9.59 Å². The van der Waals surface area contributed by atoms with Gasteiger partial charge in [0.05, 0.1) is 6.10 Å². The first kappa shape index (κ1) is 37.0. The Labute approximate surface area is 282 Å². The average Bonchev–Trinajstić information content (AvgIpc) is 3.26. The van der Waals surface area contributed by atoms with E-state index in [0.717, 1.165) is 62.5 Å². The van der Waals surface area contributed by atoms with Crippen LogP contribution in [0.15, 0.2) is 70.4 Å². The molecular weight excluding hydrogens is 588 g/mol. The SMILES string of the molecule is CC(C)=CCC/C(C)=C/CC/C(C)=C/CC/C(C)=C/C(=O)OCC(=O)[C@@]1(O)CCC2C3CCC4=CC(=O)C=C[C@]4(C)C3C(O)C[C@@]21C. The van der Waals surface area contributed by atoms with E-state index in [1.54, 1.807) is 12.2 Å². The van der Waals surface area contributed by atoms with Crippen molar-refractivity contribution >= 4 is 17.5 Å². The van der Waals surface area contributed by atoms with Crippen LogP contribution in [0.3, 0.4) is 0 Å². The largest absolute Gasteiger partial charge is 0.454 e. The second-order valence-corrected chi connectivity index (χ2v) is 15.6. The van der Waals surface area contributed by atoms with Gasteiger partial charge in [-0.05, 0) is 129 Å². The van der Waals surface area contributed by atoms with Crippen molar-refractivity contribution < 1.29 is 29.3 Å². The lowest BCUT2D eigenvalue weighted by atomic mass is 9.46. The van der Waals surface area contributed by atoms with Crippen molar-refractivity contribution in [3.8, 4) is 0 Å². The maximum Gasteiger partial charge on any atom is 0.331 e. The number of aliphatic hydroxyl groups excluding tert-OH is 1. The van der Waals surface area contributed by atoms with Crippen molar-refractivity contribution in [3.05, 3.63) is 70.4 Å². The van der Waals surface area contributed by atoms with Gasteiger partial charge in [0.15, 0.2) is 12.4 Å². The molecule has 0 aliphatic heterocycles. The van der Waals surface area contributed by atoms with Crippen LogP contribution in [-0.4, -0.2) is 46.1 Å². The second-order valence-electron chi connectivity index (χ2n) is 15.6. The van der Waals surface area contributed by atoms with Gasteiger partial charge in [-0.2, -0.15) is 0 Å². The van der Waals surface area contributed by atoms with E-state index in [1.807, 2.05) is 19.9 Å². The van der Waals surface area contributed by atoms with Crippen molar-refractivity contribution in [1.29, 1.82) is 0 Å². The van der Waals surface area contributed by atoms with Gasteiger partial charge < -0.3 is 14.9 Å². The molecule has 4 rings (SSSR count). The first-order valence-electron chi connectivity index (χ1n) is 17.8. The fraction of sp³-hybridized carbons (Fsp3) is 0.634. The average molecular weight is 647 g/mol. The Morgan fingerprint density at radius 3 is 2.19 bits per heavy atom. The molecule has 0 radical (unpaired) electrons. The highest BCUT2D eigenvalue weighted by Gasteiger charge is 2.68. The number of allylic oxidation sites excluding steroid dienone is 11. The van der Waals surface area contributed by atoms with Gasteiger partial charge in [0.1, 0.15) is 5.60 Å². The zero-order valence-corrected chi connectivity index (χ0v) is 29.9. The predicted octanol–water partition coefficient (Wildman–Crippen LogP) is 8.25. The molecule has 3 saturated carbocycles. The molecule has 2 N–H and O–H groups in total. The molecule has 0 aromatic rings. The van der Waals surface area contributed by atoms with Gasteiger partial charge in [0, 0.05) is 22.8 Å². The summed E-state index contributed by atoms with van der Waals surface area (Å²) in [6.45, 7) is 14.1. The number of ether oxygens (including phenoxy) is 1. The van der Waals surface area contributed by atoms with Crippen molar-refractivity contribution in [2.75, 3.05) is 6.61 Å². The number of fused-ring (bicyclic) bond motifs is 5. The van der Waals surface area contributed by atoms with E-state index >= 15 is 0 Å². The molecule has 4 aliphatic rings. The molecule has 6 heteroatoms. The van der Waals surface area contributed by atoms with Crippen LogP contribution in [0.5, 0.6) is 0 Å². The number of Topliss-reactive ketones (excluding diaryl/α,β-unsaturated/α-hetero) is 1. The van der Waals surface area contributed by atoms with E-state index in [0.29, 0.717) is 12.8 Å². The molecule has 3 fully saturated rings. The van der Waals surface area contributed by atoms with Crippen LogP contribution in [0.4, 0.5) is 0 Å². The number of esters is 1. The van der Waals surface area contributed by atoms with Crippen molar-refractivity contribution in [2.45, 2.75) is 131 Å². The number of carbonyl (C=O) groups excluding carboxylic acids is 3. The lowest BCUT2D eigenvalue weighted by Crippen LogP contribution is -2.61. The monoisotopic (exact) mass is 646 g/mol. The van der Waals surface area contributed by atoms with Crippen LogP contribution >= 0.6 is 0 Å². The van der Waals surface area contributed by atoms with Crippen molar-refractivity contribution in [2.24, 2.45) is 28.6 Å². The minimum atomic E-state index is -1.67. The number of aliphatic hydroxyl groups is 2. The smallest absolute Gasteiger partial charge is 0.331 e. The fourth-order valence-electron chi connectivity index (χ4n) is 9.24. The summed E-state index contributed by atoms with van der Waals surface area (Å²) in [5.74, 6) is -0.969. The minimum Gasteiger partial charge on any atom is -0.454 e. The number of ketones is 2. The number of hydrogen-bond donors (Lipinski definition) is 2. The third-order valence-electron chi connectivity index (χ3n) is 12.0. The molecule has 6 nitrogen and oxygen atoms in total. The van der Waals surface area contributed by atoms with E-state index in [4.69, 9.17) is 4.74 Å². The summed E-state index contributed by atoms with van der Waals surface area (Å²) in [5.41, 5.74) is 3.18. The van der Waals surface area contributed by atoms with E-state index < -0.39 is 40.9 Å². The highest BCUT2D eigenvalue weighted by Crippen LogP contribution is 2.67. The van der Waals surface area contributed by atoms with E-state index in [-0.39, 0.29) is 30.0 Å². The third kappa shape index (κ3) is 8.08. The number of hydrogen-bond acceptors (Lipinski definition) is 6. The summed E-state index contributed by atoms with van der Waals surface area (Å²) < 4.78 is 5.39. The molecule has 4 unspecified atom stereocenters. The molecule has 4 aliphatic carbocycles. The van der Waals surface area contributed by atoms with Gasteiger partial charge in [-0.15, -0.1) is 0 Å². The minimum absolute atomic E-state index is 0.00563. The quantitative estimate of drug-likeness (QED) is 0.119. The number of carbonyl (C=O) groups is 3. The summed E-state index contributed by atoms with van der Waals surface area (Å²) in [6, 6.07) is 0. The second kappa shape index (κ2) is 15.2. The highest BCUT2D eigenvalue weighted by molar-refractivity contribution is 6.01. The molecule has 0 saturated heterocycles. The van der Waals surface area contributed by atoms with Crippen LogP contribution in [0.2, 0.25) is 0 Å². The first-order valence-corrected chi connectivity index (χ1v) is 17.8. The normalized spacial score (nSPS) is 33.9. The van der Waals surface area contributed by atoms with E-state index in [1.165, 1.54) is 22.8 Å². The van der Waals surface area contributed by atoms with Crippen molar-refractivity contribution in [1.82, 2.24) is 0 Å². The molecule has 0 aromatic heterocycles. The molecule has 0 spiro atoms. The lowest BCUT2D eigenvalue weighted by Gasteiger charge is -2.59. The van der Waals surface area contributed by atoms with Crippen LogP contribution < -0.4 is 0 Å². The zero-order valence-electron chi connectivity index (χ0n) is 29.9. The molecule has 0 amide bonds. The predicted molar refractivity (Wildman–Crippen MR) is 187 cm³/mol. The fourth-order valence-corrected chi connectivity index (χ4v) is 9.24. The molecule has 47 heavy (non-hydrogen) atoms.